The quantitative estimate of drug-likeness (QED) is 0.576. The van der Waals surface area contributed by atoms with Gasteiger partial charge >= 0.3 is 0 Å². The van der Waals surface area contributed by atoms with E-state index in [0.29, 0.717) is 0 Å². The van der Waals surface area contributed by atoms with E-state index in [4.69, 9.17) is 14.3 Å². The monoisotopic (exact) mass is 191 g/mol. The van der Waals surface area contributed by atoms with Gasteiger partial charge in [-0.1, -0.05) is 0 Å². The molecule has 5 nitrogen and oxygen atoms in total. The van der Waals surface area contributed by atoms with Gasteiger partial charge in [-0.15, -0.1) is 0 Å². The molecule has 0 spiro atoms. The van der Waals surface area contributed by atoms with E-state index >= 15 is 0 Å². The highest BCUT2D eigenvalue weighted by molar-refractivity contribution is 5.83. The summed E-state index contributed by atoms with van der Waals surface area (Å²) in [7, 11) is 5.91. The average molecular weight is 191 g/mol. The van der Waals surface area contributed by atoms with Gasteiger partial charge in [0, 0.05) is 21.3 Å². The number of methoxy groups -OCH3 is 2. The molecular formula is C8H17NO4. The van der Waals surface area contributed by atoms with Gasteiger partial charge in [0.25, 0.3) is 5.91 Å². The second-order valence-electron chi connectivity index (χ2n) is 2.85. The Morgan fingerprint density at radius 1 is 1.38 bits per heavy atom. The summed E-state index contributed by atoms with van der Waals surface area (Å²) >= 11 is 0. The minimum Gasteiger partial charge on any atom is -0.381 e. The number of likely N-dealkylation sites (N-methyl/N-ethyl adjacent to an activating group) is 1. The highest BCUT2D eigenvalue weighted by Crippen LogP contribution is 2.12. The minimum absolute atomic E-state index is 0.191. The number of amides is 1. The summed E-state index contributed by atoms with van der Waals surface area (Å²) in [6.45, 7) is 1.84. The number of nitrogens with zero attached hydrogens (tertiary/aromatic N) is 1. The zero-order valence-corrected chi connectivity index (χ0v) is 8.79. The highest BCUT2D eigenvalue weighted by atomic mass is 16.7. The van der Waals surface area contributed by atoms with Crippen molar-refractivity contribution in [2.45, 2.75) is 12.5 Å². The fraction of sp³-hybridized carbons (Fsp3) is 0.875. The SMILES string of the molecule is COCC(C)(OC)C(=O)N(C)OC. The molecule has 0 aromatic heterocycles. The van der Waals surface area contributed by atoms with Gasteiger partial charge in [-0.3, -0.25) is 9.63 Å². The molecule has 0 aliphatic carbocycles. The Balaban J connectivity index is 4.46. The van der Waals surface area contributed by atoms with Crippen LogP contribution < -0.4 is 0 Å². The van der Waals surface area contributed by atoms with Crippen LogP contribution >= 0.6 is 0 Å². The largest absolute Gasteiger partial charge is 0.381 e. The van der Waals surface area contributed by atoms with Crippen molar-refractivity contribution >= 4 is 5.91 Å². The Morgan fingerprint density at radius 3 is 2.23 bits per heavy atom. The first-order chi connectivity index (χ1) is 6.01. The van der Waals surface area contributed by atoms with Crippen molar-refractivity contribution in [1.29, 1.82) is 0 Å². The first kappa shape index (κ1) is 12.3. The summed E-state index contributed by atoms with van der Waals surface area (Å²) in [5, 5.41) is 1.11. The highest BCUT2D eigenvalue weighted by Gasteiger charge is 2.36. The van der Waals surface area contributed by atoms with E-state index in [-0.39, 0.29) is 12.5 Å². The van der Waals surface area contributed by atoms with Gasteiger partial charge in [0.15, 0.2) is 5.60 Å². The molecule has 0 bridgehead atoms. The molecule has 0 aromatic carbocycles. The smallest absolute Gasteiger partial charge is 0.280 e. The van der Waals surface area contributed by atoms with E-state index in [9.17, 15) is 4.79 Å². The maximum Gasteiger partial charge on any atom is 0.280 e. The molecule has 0 N–H and O–H groups in total. The predicted octanol–water partition coefficient (Wildman–Crippen LogP) is 0.0577. The molecule has 0 aromatic rings. The number of ether oxygens (including phenoxy) is 2. The number of hydrogen-bond acceptors (Lipinski definition) is 4. The number of rotatable bonds is 5. The van der Waals surface area contributed by atoms with Crippen LogP contribution in [0, 0.1) is 0 Å². The molecule has 0 radical (unpaired) electrons. The molecule has 0 fully saturated rings. The summed E-state index contributed by atoms with van der Waals surface area (Å²) < 4.78 is 9.95. The zero-order chi connectivity index (χ0) is 10.5. The van der Waals surface area contributed by atoms with Crippen LogP contribution in [0.3, 0.4) is 0 Å². The van der Waals surface area contributed by atoms with Crippen LogP contribution in [0.15, 0.2) is 0 Å². The molecule has 0 heterocycles. The Bertz CT molecular complexity index is 174. The maximum atomic E-state index is 11.6. The zero-order valence-electron chi connectivity index (χ0n) is 8.79. The van der Waals surface area contributed by atoms with Crippen LogP contribution in [0.1, 0.15) is 6.92 Å². The van der Waals surface area contributed by atoms with Gasteiger partial charge < -0.3 is 9.47 Å². The normalized spacial score (nSPS) is 15.2. The standard InChI is InChI=1S/C8H17NO4/c1-8(12-4,6-11-3)7(10)9(2)13-5/h6H2,1-5H3. The van der Waals surface area contributed by atoms with E-state index in [1.165, 1.54) is 28.4 Å². The van der Waals surface area contributed by atoms with Gasteiger partial charge in [0.2, 0.25) is 0 Å². The fourth-order valence-electron chi connectivity index (χ4n) is 0.899. The first-order valence-electron chi connectivity index (χ1n) is 3.88. The van der Waals surface area contributed by atoms with Crippen molar-refractivity contribution in [3.05, 3.63) is 0 Å². The topological polar surface area (TPSA) is 48.0 Å². The maximum absolute atomic E-state index is 11.6. The predicted molar refractivity (Wildman–Crippen MR) is 47.1 cm³/mol. The van der Waals surface area contributed by atoms with Crippen LogP contribution in [-0.2, 0) is 19.1 Å². The molecule has 0 aliphatic heterocycles. The van der Waals surface area contributed by atoms with E-state index in [2.05, 4.69) is 0 Å². The number of carbonyl (C=O) groups excluding carboxylic acids is 1. The fourth-order valence-corrected chi connectivity index (χ4v) is 0.899. The Labute approximate surface area is 78.5 Å². The van der Waals surface area contributed by atoms with Crippen LogP contribution in [0.5, 0.6) is 0 Å². The lowest BCUT2D eigenvalue weighted by Gasteiger charge is -2.29. The van der Waals surface area contributed by atoms with Gasteiger partial charge in [-0.25, -0.2) is 5.06 Å². The molecule has 0 saturated heterocycles. The van der Waals surface area contributed by atoms with Crippen molar-refractivity contribution in [1.82, 2.24) is 5.06 Å². The van der Waals surface area contributed by atoms with Crippen molar-refractivity contribution in [2.24, 2.45) is 0 Å². The van der Waals surface area contributed by atoms with Crippen molar-refractivity contribution in [3.63, 3.8) is 0 Å². The van der Waals surface area contributed by atoms with Crippen molar-refractivity contribution in [3.8, 4) is 0 Å². The average Bonchev–Trinajstić information content (AvgIpc) is 2.15. The first-order valence-corrected chi connectivity index (χ1v) is 3.88. The summed E-state index contributed by atoms with van der Waals surface area (Å²) in [5.41, 5.74) is -0.987. The molecule has 1 atom stereocenters. The van der Waals surface area contributed by atoms with E-state index in [1.807, 2.05) is 0 Å². The number of hydroxylamine groups is 2. The van der Waals surface area contributed by atoms with Gasteiger partial charge in [0.05, 0.1) is 13.7 Å². The lowest BCUT2D eigenvalue weighted by Crippen LogP contribution is -2.49. The molecular weight excluding hydrogens is 174 g/mol. The van der Waals surface area contributed by atoms with Crippen molar-refractivity contribution < 1.29 is 19.1 Å². The Kier molecular flexibility index (Phi) is 4.90. The number of carbonyl (C=O) groups is 1. The summed E-state index contributed by atoms with van der Waals surface area (Å²) in [6.07, 6.45) is 0. The third-order valence-electron chi connectivity index (χ3n) is 1.88. The van der Waals surface area contributed by atoms with E-state index in [1.54, 1.807) is 6.92 Å². The van der Waals surface area contributed by atoms with Crippen LogP contribution in [0.2, 0.25) is 0 Å². The van der Waals surface area contributed by atoms with Gasteiger partial charge in [-0.2, -0.15) is 0 Å². The van der Waals surface area contributed by atoms with Crippen molar-refractivity contribution in [2.75, 3.05) is 35.0 Å². The molecule has 0 rings (SSSR count). The molecule has 0 saturated carbocycles. The molecule has 78 valence electrons. The molecule has 0 aliphatic rings. The van der Waals surface area contributed by atoms with Crippen LogP contribution in [0.4, 0.5) is 0 Å². The molecule has 1 amide bonds. The lowest BCUT2D eigenvalue weighted by atomic mass is 10.1. The van der Waals surface area contributed by atoms with Crippen LogP contribution in [0.25, 0.3) is 0 Å². The molecule has 5 heteroatoms. The molecule has 1 unspecified atom stereocenters. The minimum atomic E-state index is -0.987. The van der Waals surface area contributed by atoms with Crippen LogP contribution in [-0.4, -0.2) is 51.6 Å². The summed E-state index contributed by atoms with van der Waals surface area (Å²) in [6, 6.07) is 0. The number of hydrogen-bond donors (Lipinski definition) is 0. The second-order valence-corrected chi connectivity index (χ2v) is 2.85. The Morgan fingerprint density at radius 2 is 1.92 bits per heavy atom. The lowest BCUT2D eigenvalue weighted by molar-refractivity contribution is -0.194. The van der Waals surface area contributed by atoms with E-state index in [0.717, 1.165) is 5.06 Å². The summed E-state index contributed by atoms with van der Waals surface area (Å²) in [5.74, 6) is -0.278. The Hall–Kier alpha value is -0.650. The van der Waals surface area contributed by atoms with E-state index < -0.39 is 5.60 Å². The van der Waals surface area contributed by atoms with Gasteiger partial charge in [-0.05, 0) is 6.92 Å². The second kappa shape index (κ2) is 5.16. The third-order valence-corrected chi connectivity index (χ3v) is 1.88. The van der Waals surface area contributed by atoms with Gasteiger partial charge in [0.1, 0.15) is 0 Å². The summed E-state index contributed by atoms with van der Waals surface area (Å²) in [4.78, 5) is 16.4. The third kappa shape index (κ3) is 2.95. The molecule has 13 heavy (non-hydrogen) atoms.